The number of carbonyl (C=O) groups excluding carboxylic acids is 1. The third kappa shape index (κ3) is 4.44. The highest BCUT2D eigenvalue weighted by Crippen LogP contribution is 2.70. The minimum Gasteiger partial charge on any atom is -0.497 e. The minimum atomic E-state index is -0.414. The van der Waals surface area contributed by atoms with Crippen molar-refractivity contribution in [3.8, 4) is 11.5 Å². The summed E-state index contributed by atoms with van der Waals surface area (Å²) < 4.78 is 12.7. The van der Waals surface area contributed by atoms with Gasteiger partial charge in [-0.2, -0.15) is 5.10 Å². The molecule has 4 aromatic carbocycles. The van der Waals surface area contributed by atoms with E-state index >= 15 is 0 Å². The van der Waals surface area contributed by atoms with Crippen LogP contribution in [0.3, 0.4) is 0 Å². The number of benzene rings is 4. The molecule has 0 bridgehead atoms. The molecule has 1 amide bonds. The Bertz CT molecular complexity index is 1700. The van der Waals surface area contributed by atoms with Crippen LogP contribution in [0.5, 0.6) is 11.5 Å². The lowest BCUT2D eigenvalue weighted by Crippen LogP contribution is -2.28. The van der Waals surface area contributed by atoms with Crippen LogP contribution in [0, 0.1) is 5.41 Å². The first-order chi connectivity index (χ1) is 20.1. The van der Waals surface area contributed by atoms with Crippen LogP contribution < -0.4 is 9.47 Å². The van der Waals surface area contributed by atoms with Crippen LogP contribution in [0.25, 0.3) is 10.9 Å². The number of ether oxygens (including phenoxy) is 2. The molecule has 3 unspecified atom stereocenters. The van der Waals surface area contributed by atoms with E-state index in [1.54, 1.807) is 14.2 Å². The van der Waals surface area contributed by atoms with Crippen LogP contribution in [0.1, 0.15) is 40.5 Å². The van der Waals surface area contributed by atoms with E-state index in [9.17, 15) is 4.79 Å². The van der Waals surface area contributed by atoms with Crippen LogP contribution in [-0.4, -0.2) is 41.4 Å². The van der Waals surface area contributed by atoms with Crippen molar-refractivity contribution < 1.29 is 14.3 Å². The first-order valence-corrected chi connectivity index (χ1v) is 14.1. The fraction of sp³-hybridized carbons (Fsp3) is 0.257. The van der Waals surface area contributed by atoms with Crippen LogP contribution in [0.4, 0.5) is 0 Å². The molecule has 6 nitrogen and oxygen atoms in total. The van der Waals surface area contributed by atoms with Gasteiger partial charge < -0.3 is 14.4 Å². The Morgan fingerprint density at radius 2 is 1.44 bits per heavy atom. The van der Waals surface area contributed by atoms with E-state index in [0.717, 1.165) is 46.5 Å². The molecule has 1 spiro atoms. The zero-order chi connectivity index (χ0) is 28.0. The molecule has 0 radical (unpaired) electrons. The van der Waals surface area contributed by atoms with E-state index in [1.807, 2.05) is 36.5 Å². The van der Waals surface area contributed by atoms with Gasteiger partial charge in [0, 0.05) is 30.3 Å². The monoisotopic (exact) mass is 543 g/mol. The summed E-state index contributed by atoms with van der Waals surface area (Å²) in [6.07, 6.45) is 2.79. The summed E-state index contributed by atoms with van der Waals surface area (Å²) in [6, 6.07) is 33.3. The molecule has 0 N–H and O–H groups in total. The Kier molecular flexibility index (Phi) is 6.26. The summed E-state index contributed by atoms with van der Waals surface area (Å²) in [7, 11) is 3.35. The Labute approximate surface area is 240 Å². The molecule has 41 heavy (non-hydrogen) atoms. The average molecular weight is 544 g/mol. The summed E-state index contributed by atoms with van der Waals surface area (Å²) in [5.74, 6) is 2.26. The standard InChI is InChI=1S/C35H33N3O3/c1-40-29-14-8-24(9-15-29)21-37-23-32(26-6-4-3-5-7-26)35(34(37)39)19-31(35)27-12-13-28-20-36-38(33(28)18-27)22-25-10-16-30(41-2)17-11-25/h3-18,20,31-32H,19,21-23H2,1-2H3. The number of hydrogen-bond donors (Lipinski definition) is 0. The summed E-state index contributed by atoms with van der Waals surface area (Å²) in [5.41, 5.74) is 5.41. The molecule has 1 aromatic heterocycles. The second kappa shape index (κ2) is 10.1. The molecule has 1 aliphatic carbocycles. The van der Waals surface area contributed by atoms with Gasteiger partial charge in [0.05, 0.1) is 37.9 Å². The van der Waals surface area contributed by atoms with Crippen LogP contribution >= 0.6 is 0 Å². The number of aromatic nitrogens is 2. The Balaban J connectivity index is 1.19. The minimum absolute atomic E-state index is 0.152. The molecule has 2 fully saturated rings. The molecule has 7 rings (SSSR count). The third-order valence-electron chi connectivity index (χ3n) is 9.01. The van der Waals surface area contributed by atoms with Crippen molar-refractivity contribution in [1.82, 2.24) is 14.7 Å². The van der Waals surface area contributed by atoms with E-state index in [-0.39, 0.29) is 17.7 Å². The molecular weight excluding hydrogens is 510 g/mol. The summed E-state index contributed by atoms with van der Waals surface area (Å²) in [5, 5.41) is 5.80. The Hall–Kier alpha value is -4.58. The lowest BCUT2D eigenvalue weighted by molar-refractivity contribution is -0.132. The largest absolute Gasteiger partial charge is 0.497 e. The number of amides is 1. The van der Waals surface area contributed by atoms with Crippen LogP contribution in [-0.2, 0) is 17.9 Å². The molecule has 1 saturated heterocycles. The molecule has 206 valence electrons. The lowest BCUT2D eigenvalue weighted by atomic mass is 9.82. The Morgan fingerprint density at radius 3 is 2.10 bits per heavy atom. The normalized spacial score (nSPS) is 21.5. The zero-order valence-electron chi connectivity index (χ0n) is 23.4. The molecular formula is C35H33N3O3. The van der Waals surface area contributed by atoms with Gasteiger partial charge in [-0.05, 0) is 59.0 Å². The molecule has 1 saturated carbocycles. The van der Waals surface area contributed by atoms with Crippen molar-refractivity contribution >= 4 is 16.8 Å². The zero-order valence-corrected chi connectivity index (χ0v) is 23.4. The second-order valence-electron chi connectivity index (χ2n) is 11.3. The summed E-state index contributed by atoms with van der Waals surface area (Å²) in [6.45, 7) is 2.01. The van der Waals surface area contributed by atoms with E-state index < -0.39 is 5.41 Å². The van der Waals surface area contributed by atoms with Crippen LogP contribution in [0.2, 0.25) is 0 Å². The number of rotatable bonds is 8. The van der Waals surface area contributed by atoms with Gasteiger partial charge in [-0.15, -0.1) is 0 Å². The number of methoxy groups -OCH3 is 2. The highest BCUT2D eigenvalue weighted by Gasteiger charge is 2.69. The fourth-order valence-corrected chi connectivity index (χ4v) is 6.74. The van der Waals surface area contributed by atoms with Crippen molar-refractivity contribution in [3.63, 3.8) is 0 Å². The molecule has 3 atom stereocenters. The quantitative estimate of drug-likeness (QED) is 0.227. The lowest BCUT2D eigenvalue weighted by Gasteiger charge is -2.18. The van der Waals surface area contributed by atoms with Crippen molar-refractivity contribution in [1.29, 1.82) is 0 Å². The van der Waals surface area contributed by atoms with Gasteiger partial charge in [-0.3, -0.25) is 9.48 Å². The van der Waals surface area contributed by atoms with Crippen molar-refractivity contribution in [2.45, 2.75) is 31.3 Å². The van der Waals surface area contributed by atoms with Crippen LogP contribution in [0.15, 0.2) is 103 Å². The first-order valence-electron chi connectivity index (χ1n) is 14.1. The Morgan fingerprint density at radius 1 is 0.780 bits per heavy atom. The van der Waals surface area contributed by atoms with Crippen molar-refractivity contribution in [3.05, 3.63) is 126 Å². The van der Waals surface area contributed by atoms with Gasteiger partial charge >= 0.3 is 0 Å². The molecule has 2 heterocycles. The van der Waals surface area contributed by atoms with Crippen molar-refractivity contribution in [2.24, 2.45) is 5.41 Å². The fourth-order valence-electron chi connectivity index (χ4n) is 6.74. The molecule has 6 heteroatoms. The average Bonchev–Trinajstić information content (AvgIpc) is 3.57. The van der Waals surface area contributed by atoms with E-state index in [4.69, 9.17) is 14.6 Å². The maximum Gasteiger partial charge on any atom is 0.230 e. The summed E-state index contributed by atoms with van der Waals surface area (Å²) in [4.78, 5) is 16.3. The maximum atomic E-state index is 14.2. The van der Waals surface area contributed by atoms with Gasteiger partial charge in [0.2, 0.25) is 5.91 Å². The van der Waals surface area contributed by atoms with Gasteiger partial charge in [0.15, 0.2) is 0 Å². The number of carbonyl (C=O) groups is 1. The predicted octanol–water partition coefficient (Wildman–Crippen LogP) is 6.40. The van der Waals surface area contributed by atoms with E-state index in [1.165, 1.54) is 11.1 Å². The topological polar surface area (TPSA) is 56.6 Å². The molecule has 1 aliphatic heterocycles. The van der Waals surface area contributed by atoms with Crippen molar-refractivity contribution in [2.75, 3.05) is 20.8 Å². The van der Waals surface area contributed by atoms with Gasteiger partial charge in [0.25, 0.3) is 0 Å². The number of nitrogens with zero attached hydrogens (tertiary/aromatic N) is 3. The van der Waals surface area contributed by atoms with Gasteiger partial charge in [-0.25, -0.2) is 0 Å². The smallest absolute Gasteiger partial charge is 0.230 e. The molecule has 5 aromatic rings. The maximum absolute atomic E-state index is 14.2. The SMILES string of the molecule is COc1ccc(CN2CC(c3ccccc3)C3(CC3c3ccc4cnn(Cc5ccc(OC)cc5)c4c3)C2=O)cc1. The van der Waals surface area contributed by atoms with Gasteiger partial charge in [-0.1, -0.05) is 66.7 Å². The number of hydrogen-bond acceptors (Lipinski definition) is 4. The summed E-state index contributed by atoms with van der Waals surface area (Å²) >= 11 is 0. The number of fused-ring (bicyclic) bond motifs is 1. The van der Waals surface area contributed by atoms with E-state index in [0.29, 0.717) is 13.1 Å². The predicted molar refractivity (Wildman–Crippen MR) is 159 cm³/mol. The van der Waals surface area contributed by atoms with Gasteiger partial charge in [0.1, 0.15) is 11.5 Å². The first kappa shape index (κ1) is 25.4. The highest BCUT2D eigenvalue weighted by atomic mass is 16.5. The molecule has 2 aliphatic rings. The highest BCUT2D eigenvalue weighted by molar-refractivity contribution is 5.92. The van der Waals surface area contributed by atoms with E-state index in [2.05, 4.69) is 76.3 Å². The second-order valence-corrected chi connectivity index (χ2v) is 11.3. The number of likely N-dealkylation sites (tertiary alicyclic amines) is 1. The third-order valence-corrected chi connectivity index (χ3v) is 9.01.